The molecule has 23 heavy (non-hydrogen) atoms. The minimum absolute atomic E-state index is 0.125. The molecule has 0 aliphatic rings. The van der Waals surface area contributed by atoms with Crippen LogP contribution in [0.15, 0.2) is 54.7 Å². The lowest BCUT2D eigenvalue weighted by atomic mass is 10.0. The highest BCUT2D eigenvalue weighted by Crippen LogP contribution is 2.33. The van der Waals surface area contributed by atoms with Crippen molar-refractivity contribution in [2.45, 2.75) is 0 Å². The van der Waals surface area contributed by atoms with Gasteiger partial charge in [-0.05, 0) is 16.8 Å². The Morgan fingerprint density at radius 2 is 1.70 bits per heavy atom. The van der Waals surface area contributed by atoms with Gasteiger partial charge in [0.05, 0.1) is 5.02 Å². The molecule has 5 heteroatoms. The van der Waals surface area contributed by atoms with Crippen LogP contribution >= 0.6 is 23.2 Å². The summed E-state index contributed by atoms with van der Waals surface area (Å²) >= 11 is 12.0. The lowest BCUT2D eigenvalue weighted by Crippen LogP contribution is -1.95. The van der Waals surface area contributed by atoms with E-state index in [9.17, 15) is 0 Å². The number of benzene rings is 2. The second-order valence-electron chi connectivity index (χ2n) is 5.14. The van der Waals surface area contributed by atoms with Gasteiger partial charge in [0.25, 0.3) is 0 Å². The van der Waals surface area contributed by atoms with Gasteiger partial charge >= 0.3 is 0 Å². The van der Waals surface area contributed by atoms with E-state index in [1.165, 1.54) is 12.3 Å². The summed E-state index contributed by atoms with van der Waals surface area (Å²) in [5, 5.41) is 2.86. The maximum Gasteiger partial charge on any atom is 0.175 e. The topological polar surface area (TPSA) is 25.8 Å². The molecule has 0 spiro atoms. The van der Waals surface area contributed by atoms with Gasteiger partial charge < -0.3 is 0 Å². The quantitative estimate of drug-likeness (QED) is 0.402. The second kappa shape index (κ2) is 5.44. The molecule has 0 radical (unpaired) electrons. The Bertz CT molecular complexity index is 1060. The number of hydrogen-bond donors (Lipinski definition) is 0. The van der Waals surface area contributed by atoms with Gasteiger partial charge in [-0.1, -0.05) is 65.7 Å². The number of rotatable bonds is 1. The first-order valence-electron chi connectivity index (χ1n) is 6.93. The zero-order chi connectivity index (χ0) is 16.0. The van der Waals surface area contributed by atoms with E-state index in [1.54, 1.807) is 0 Å². The molecule has 0 saturated carbocycles. The van der Waals surface area contributed by atoms with E-state index < -0.39 is 5.82 Å². The lowest BCUT2D eigenvalue weighted by molar-refractivity contribution is 0.635. The predicted octanol–water partition coefficient (Wildman–Crippen LogP) is 5.90. The summed E-state index contributed by atoms with van der Waals surface area (Å²) in [5.41, 5.74) is 1.07. The minimum Gasteiger partial charge on any atom is -0.252 e. The molecule has 0 unspecified atom stereocenters. The van der Waals surface area contributed by atoms with Crippen LogP contribution in [0.5, 0.6) is 0 Å². The maximum absolute atomic E-state index is 15.0. The van der Waals surface area contributed by atoms with Crippen molar-refractivity contribution in [1.29, 1.82) is 0 Å². The highest BCUT2D eigenvalue weighted by atomic mass is 35.5. The van der Waals surface area contributed by atoms with Gasteiger partial charge in [-0.15, -0.1) is 0 Å². The summed E-state index contributed by atoms with van der Waals surface area (Å²) in [4.78, 5) is 8.34. The van der Waals surface area contributed by atoms with Crippen LogP contribution in [0, 0.1) is 5.82 Å². The van der Waals surface area contributed by atoms with E-state index in [0.717, 1.165) is 10.8 Å². The molecule has 2 aromatic carbocycles. The van der Waals surface area contributed by atoms with E-state index in [-0.39, 0.29) is 16.4 Å². The zero-order valence-corrected chi connectivity index (χ0v) is 13.2. The number of nitrogens with zero attached hydrogens (tertiary/aromatic N) is 2. The van der Waals surface area contributed by atoms with Gasteiger partial charge in [0, 0.05) is 17.1 Å². The van der Waals surface area contributed by atoms with Gasteiger partial charge in [-0.3, -0.25) is 4.98 Å². The number of halogens is 3. The van der Waals surface area contributed by atoms with Crippen molar-refractivity contribution in [3.63, 3.8) is 0 Å². The van der Waals surface area contributed by atoms with Gasteiger partial charge in [0.1, 0.15) is 16.4 Å². The van der Waals surface area contributed by atoms with E-state index in [4.69, 9.17) is 23.2 Å². The van der Waals surface area contributed by atoms with Crippen LogP contribution in [0.25, 0.3) is 32.9 Å². The predicted molar refractivity (Wildman–Crippen MR) is 92.5 cm³/mol. The van der Waals surface area contributed by atoms with Crippen LogP contribution in [0.1, 0.15) is 0 Å². The molecule has 0 amide bonds. The summed E-state index contributed by atoms with van der Waals surface area (Å²) in [5.74, 6) is -0.525. The smallest absolute Gasteiger partial charge is 0.175 e. The molecule has 0 aliphatic carbocycles. The van der Waals surface area contributed by atoms with Crippen molar-refractivity contribution >= 4 is 44.9 Å². The third-order valence-electron chi connectivity index (χ3n) is 3.76. The van der Waals surface area contributed by atoms with Crippen molar-refractivity contribution in [2.75, 3.05) is 0 Å². The van der Waals surface area contributed by atoms with E-state index >= 15 is 4.39 Å². The van der Waals surface area contributed by atoms with Crippen LogP contribution < -0.4 is 0 Å². The molecule has 0 fully saturated rings. The molecular formula is C18H9Cl2FN2. The van der Waals surface area contributed by atoms with Crippen LogP contribution in [0.3, 0.4) is 0 Å². The Labute approximate surface area is 141 Å². The van der Waals surface area contributed by atoms with Crippen LogP contribution in [-0.2, 0) is 0 Å². The van der Waals surface area contributed by atoms with Crippen LogP contribution in [0.4, 0.5) is 4.39 Å². The third kappa shape index (κ3) is 2.33. The molecule has 2 aromatic heterocycles. The van der Waals surface area contributed by atoms with Crippen molar-refractivity contribution in [1.82, 2.24) is 9.97 Å². The Morgan fingerprint density at radius 1 is 0.913 bits per heavy atom. The highest BCUT2D eigenvalue weighted by Gasteiger charge is 2.16. The molecule has 0 atom stereocenters. The Hall–Kier alpha value is -2.23. The zero-order valence-electron chi connectivity index (χ0n) is 11.7. The molecule has 2 nitrogen and oxygen atoms in total. The Morgan fingerprint density at radius 3 is 2.57 bits per heavy atom. The summed E-state index contributed by atoms with van der Waals surface area (Å²) in [7, 11) is 0. The second-order valence-corrected chi connectivity index (χ2v) is 5.93. The molecule has 2 heterocycles. The molecule has 0 N–H and O–H groups in total. The van der Waals surface area contributed by atoms with Crippen molar-refractivity contribution in [3.05, 3.63) is 70.7 Å². The van der Waals surface area contributed by atoms with Crippen molar-refractivity contribution in [3.8, 4) is 11.3 Å². The molecule has 0 aliphatic heterocycles. The first-order chi connectivity index (χ1) is 11.1. The molecule has 0 bridgehead atoms. The Kier molecular flexibility index (Phi) is 3.40. The summed E-state index contributed by atoms with van der Waals surface area (Å²) in [6.45, 7) is 0. The molecular weight excluding hydrogens is 334 g/mol. The van der Waals surface area contributed by atoms with Crippen LogP contribution in [0.2, 0.25) is 10.2 Å². The number of pyridine rings is 2. The molecule has 112 valence electrons. The third-order valence-corrected chi connectivity index (χ3v) is 4.27. The SMILES string of the molecule is Fc1c(-c2cccc3ccccc23)ncc2c(Cl)cc(Cl)nc12. The minimum atomic E-state index is -0.525. The monoisotopic (exact) mass is 342 g/mol. The standard InChI is InChI=1S/C18H9Cl2FN2/c19-14-8-15(20)23-18-13(14)9-22-17(16(18)21)12-7-3-5-10-4-1-2-6-11(10)12/h1-9H. The average Bonchev–Trinajstić information content (AvgIpc) is 2.55. The van der Waals surface area contributed by atoms with Crippen LogP contribution in [-0.4, -0.2) is 9.97 Å². The normalized spacial score (nSPS) is 11.3. The van der Waals surface area contributed by atoms with Crippen molar-refractivity contribution in [2.24, 2.45) is 0 Å². The number of aromatic nitrogens is 2. The van der Waals surface area contributed by atoms with E-state index in [0.29, 0.717) is 16.0 Å². The highest BCUT2D eigenvalue weighted by molar-refractivity contribution is 6.37. The average molecular weight is 343 g/mol. The van der Waals surface area contributed by atoms with Crippen molar-refractivity contribution < 1.29 is 4.39 Å². The largest absolute Gasteiger partial charge is 0.252 e. The van der Waals surface area contributed by atoms with Gasteiger partial charge in [0.15, 0.2) is 5.82 Å². The summed E-state index contributed by atoms with van der Waals surface area (Å²) in [6, 6.07) is 14.9. The first-order valence-corrected chi connectivity index (χ1v) is 7.69. The van der Waals surface area contributed by atoms with E-state index in [1.807, 2.05) is 42.5 Å². The van der Waals surface area contributed by atoms with Gasteiger partial charge in [-0.2, -0.15) is 0 Å². The fourth-order valence-corrected chi connectivity index (χ4v) is 3.19. The molecule has 4 rings (SSSR count). The van der Waals surface area contributed by atoms with Gasteiger partial charge in [-0.25, -0.2) is 9.37 Å². The van der Waals surface area contributed by atoms with Gasteiger partial charge in [0.2, 0.25) is 0 Å². The fourth-order valence-electron chi connectivity index (χ4n) is 2.70. The van der Waals surface area contributed by atoms with E-state index in [2.05, 4.69) is 9.97 Å². The Balaban J connectivity index is 2.08. The number of fused-ring (bicyclic) bond motifs is 2. The summed E-state index contributed by atoms with van der Waals surface area (Å²) in [6.07, 6.45) is 1.53. The summed E-state index contributed by atoms with van der Waals surface area (Å²) < 4.78 is 15.0. The fraction of sp³-hybridized carbons (Fsp3) is 0. The molecule has 4 aromatic rings. The first kappa shape index (κ1) is 14.4. The number of hydrogen-bond acceptors (Lipinski definition) is 2. The maximum atomic E-state index is 15.0. The molecule has 0 saturated heterocycles. The lowest BCUT2D eigenvalue weighted by Gasteiger charge is -2.09.